The molecule has 2 N–H and O–H groups in total. The van der Waals surface area contributed by atoms with E-state index in [2.05, 4.69) is 47.4 Å². The number of methoxy groups -OCH3 is 1. The van der Waals surface area contributed by atoms with Crippen molar-refractivity contribution in [2.75, 3.05) is 20.2 Å². The number of hydrogen-bond acceptors (Lipinski definition) is 4. The van der Waals surface area contributed by atoms with E-state index in [0.717, 1.165) is 50.1 Å². The van der Waals surface area contributed by atoms with E-state index in [9.17, 15) is 0 Å². The number of rotatable bonds is 7. The lowest BCUT2D eigenvalue weighted by molar-refractivity contribution is -0.00749. The van der Waals surface area contributed by atoms with E-state index in [1.807, 2.05) is 18.2 Å². The summed E-state index contributed by atoms with van der Waals surface area (Å²) in [6, 6.07) is 20.9. The normalized spacial score (nSPS) is 22.9. The molecule has 142 valence electrons. The third kappa shape index (κ3) is 4.16. The minimum absolute atomic E-state index is 0.284. The van der Waals surface area contributed by atoms with E-state index in [1.54, 1.807) is 7.11 Å². The summed E-state index contributed by atoms with van der Waals surface area (Å²) in [5, 5.41) is 8.93. The second kappa shape index (κ2) is 9.03. The van der Waals surface area contributed by atoms with Crippen molar-refractivity contribution in [3.63, 3.8) is 0 Å². The molecule has 4 heteroatoms. The Morgan fingerprint density at radius 1 is 1.19 bits per heavy atom. The summed E-state index contributed by atoms with van der Waals surface area (Å²) in [6.45, 7) is 1.82. The zero-order valence-electron chi connectivity index (χ0n) is 16.1. The number of likely N-dealkylation sites (tertiary alicyclic amines) is 1. The van der Waals surface area contributed by atoms with Crippen molar-refractivity contribution in [2.24, 2.45) is 11.7 Å². The molecule has 0 aliphatic carbocycles. The standard InChI is InChI=1S/C23H29N3O/c1-27-22-14-6-5-10-19(22)18-21-13-9-17-26(16-8-7-15-24)23(21,25)20-11-3-2-4-12-20/h2-6,10-12,14,21H,7-9,13,16-18,25H2,1H3/t21-,23+/m0/s1. The van der Waals surface area contributed by atoms with Crippen molar-refractivity contribution in [2.45, 2.75) is 37.8 Å². The molecule has 0 saturated carbocycles. The van der Waals surface area contributed by atoms with Crippen LogP contribution < -0.4 is 10.5 Å². The van der Waals surface area contributed by atoms with E-state index in [1.165, 1.54) is 5.56 Å². The Morgan fingerprint density at radius 2 is 1.93 bits per heavy atom. The molecular weight excluding hydrogens is 334 g/mol. The van der Waals surface area contributed by atoms with Crippen LogP contribution in [-0.4, -0.2) is 25.1 Å². The molecule has 2 aromatic carbocycles. The molecule has 0 amide bonds. The number of hydrogen-bond donors (Lipinski definition) is 1. The van der Waals surface area contributed by atoms with Gasteiger partial charge in [0.1, 0.15) is 5.75 Å². The van der Waals surface area contributed by atoms with Crippen LogP contribution in [0.1, 0.15) is 36.8 Å². The highest BCUT2D eigenvalue weighted by molar-refractivity contribution is 5.35. The van der Waals surface area contributed by atoms with E-state index in [4.69, 9.17) is 15.7 Å². The maximum absolute atomic E-state index is 8.93. The molecule has 2 atom stereocenters. The number of benzene rings is 2. The van der Waals surface area contributed by atoms with E-state index in [0.29, 0.717) is 6.42 Å². The first kappa shape index (κ1) is 19.4. The Bertz CT molecular complexity index is 771. The third-order valence-corrected chi connectivity index (χ3v) is 5.74. The maximum Gasteiger partial charge on any atom is 0.122 e. The van der Waals surface area contributed by atoms with Gasteiger partial charge in [-0.25, -0.2) is 0 Å². The van der Waals surface area contributed by atoms with Gasteiger partial charge in [-0.1, -0.05) is 48.5 Å². The molecule has 1 aliphatic rings. The van der Waals surface area contributed by atoms with Crippen molar-refractivity contribution < 1.29 is 4.74 Å². The molecule has 1 heterocycles. The SMILES string of the molecule is COc1ccccc1C[C@@H]1CCCN(CCCC#N)[C@]1(N)c1ccccc1. The van der Waals surface area contributed by atoms with Gasteiger partial charge < -0.3 is 10.5 Å². The van der Waals surface area contributed by atoms with Gasteiger partial charge in [-0.15, -0.1) is 0 Å². The lowest BCUT2D eigenvalue weighted by atomic mass is 9.75. The molecule has 1 aliphatic heterocycles. The molecule has 1 saturated heterocycles. The fourth-order valence-electron chi connectivity index (χ4n) is 4.36. The highest BCUT2D eigenvalue weighted by Crippen LogP contribution is 2.41. The van der Waals surface area contributed by atoms with Crippen LogP contribution >= 0.6 is 0 Å². The lowest BCUT2D eigenvalue weighted by Crippen LogP contribution is -2.61. The molecule has 0 spiro atoms. The average Bonchev–Trinajstić information content (AvgIpc) is 2.72. The largest absolute Gasteiger partial charge is 0.496 e. The molecule has 1 fully saturated rings. The van der Waals surface area contributed by atoms with Crippen LogP contribution in [0.5, 0.6) is 5.75 Å². The summed E-state index contributed by atoms with van der Waals surface area (Å²) in [4.78, 5) is 2.39. The van der Waals surface area contributed by atoms with Crippen LogP contribution in [0.25, 0.3) is 0 Å². The Morgan fingerprint density at radius 3 is 2.67 bits per heavy atom. The fraction of sp³-hybridized carbons (Fsp3) is 0.435. The van der Waals surface area contributed by atoms with Gasteiger partial charge in [-0.2, -0.15) is 5.26 Å². The minimum atomic E-state index is -0.532. The van der Waals surface area contributed by atoms with Gasteiger partial charge in [-0.3, -0.25) is 4.90 Å². The minimum Gasteiger partial charge on any atom is -0.496 e. The first-order valence-corrected chi connectivity index (χ1v) is 9.78. The number of nitrogens with zero attached hydrogens (tertiary/aromatic N) is 2. The van der Waals surface area contributed by atoms with E-state index in [-0.39, 0.29) is 5.92 Å². The molecule has 3 rings (SSSR count). The van der Waals surface area contributed by atoms with Gasteiger partial charge in [0, 0.05) is 19.5 Å². The summed E-state index contributed by atoms with van der Waals surface area (Å²) < 4.78 is 5.58. The summed E-state index contributed by atoms with van der Waals surface area (Å²) in [7, 11) is 1.72. The fourth-order valence-corrected chi connectivity index (χ4v) is 4.36. The highest BCUT2D eigenvalue weighted by atomic mass is 16.5. The molecule has 27 heavy (non-hydrogen) atoms. The van der Waals surface area contributed by atoms with Gasteiger partial charge in [0.25, 0.3) is 0 Å². The van der Waals surface area contributed by atoms with Crippen LogP contribution in [0.2, 0.25) is 0 Å². The topological polar surface area (TPSA) is 62.3 Å². The van der Waals surface area contributed by atoms with Gasteiger partial charge >= 0.3 is 0 Å². The monoisotopic (exact) mass is 363 g/mol. The summed E-state index contributed by atoms with van der Waals surface area (Å²) in [5.41, 5.74) is 9.02. The number of nitriles is 1. The van der Waals surface area contributed by atoms with Crippen molar-refractivity contribution in [1.82, 2.24) is 4.90 Å². The van der Waals surface area contributed by atoms with Crippen LogP contribution in [0.4, 0.5) is 0 Å². The Kier molecular flexibility index (Phi) is 6.49. The number of nitrogens with two attached hydrogens (primary N) is 1. The van der Waals surface area contributed by atoms with Gasteiger partial charge in [0.15, 0.2) is 0 Å². The number of unbranched alkanes of at least 4 members (excludes halogenated alkanes) is 1. The van der Waals surface area contributed by atoms with E-state index < -0.39 is 5.66 Å². The molecule has 0 bridgehead atoms. The van der Waals surface area contributed by atoms with Crippen LogP contribution in [0, 0.1) is 17.2 Å². The summed E-state index contributed by atoms with van der Waals surface area (Å²) >= 11 is 0. The zero-order valence-corrected chi connectivity index (χ0v) is 16.1. The molecule has 4 nitrogen and oxygen atoms in total. The molecule has 0 aromatic heterocycles. The number of ether oxygens (including phenoxy) is 1. The van der Waals surface area contributed by atoms with Gasteiger partial charge in [0.2, 0.25) is 0 Å². The second-order valence-corrected chi connectivity index (χ2v) is 7.30. The van der Waals surface area contributed by atoms with Gasteiger partial charge in [0.05, 0.1) is 18.8 Å². The molecular formula is C23H29N3O. The molecule has 2 aromatic rings. The maximum atomic E-state index is 8.93. The summed E-state index contributed by atoms with van der Waals surface area (Å²) in [6.07, 6.45) is 4.50. The van der Waals surface area contributed by atoms with Crippen molar-refractivity contribution in [3.05, 3.63) is 65.7 Å². The number of para-hydroxylation sites is 1. The highest BCUT2D eigenvalue weighted by Gasteiger charge is 2.44. The first-order valence-electron chi connectivity index (χ1n) is 9.78. The summed E-state index contributed by atoms with van der Waals surface area (Å²) in [5.74, 6) is 1.21. The zero-order chi connectivity index (χ0) is 19.1. The average molecular weight is 364 g/mol. The van der Waals surface area contributed by atoms with Crippen molar-refractivity contribution in [3.8, 4) is 11.8 Å². The molecule has 0 unspecified atom stereocenters. The quantitative estimate of drug-likeness (QED) is 0.754. The first-order chi connectivity index (χ1) is 13.2. The second-order valence-electron chi connectivity index (χ2n) is 7.30. The van der Waals surface area contributed by atoms with E-state index >= 15 is 0 Å². The van der Waals surface area contributed by atoms with Crippen molar-refractivity contribution >= 4 is 0 Å². The Hall–Kier alpha value is -2.35. The van der Waals surface area contributed by atoms with Crippen LogP contribution in [0.15, 0.2) is 54.6 Å². The Labute approximate surface area is 162 Å². The van der Waals surface area contributed by atoms with Crippen molar-refractivity contribution in [1.29, 1.82) is 5.26 Å². The van der Waals surface area contributed by atoms with Crippen LogP contribution in [-0.2, 0) is 12.1 Å². The predicted molar refractivity (Wildman–Crippen MR) is 108 cm³/mol. The van der Waals surface area contributed by atoms with Gasteiger partial charge in [-0.05, 0) is 48.8 Å². The predicted octanol–water partition coefficient (Wildman–Crippen LogP) is 4.07. The number of piperidine rings is 1. The smallest absolute Gasteiger partial charge is 0.122 e. The Balaban J connectivity index is 1.93. The third-order valence-electron chi connectivity index (χ3n) is 5.74. The van der Waals surface area contributed by atoms with Crippen LogP contribution in [0.3, 0.4) is 0 Å². The molecule has 0 radical (unpaired) electrons. The lowest BCUT2D eigenvalue weighted by Gasteiger charge is -2.50.